The molecule has 0 fully saturated rings. The molecule has 0 bridgehead atoms. The van der Waals surface area contributed by atoms with Gasteiger partial charge in [-0.1, -0.05) is 37.0 Å². The number of likely N-dealkylation sites (N-methyl/N-ethyl adjacent to an activating group) is 1. The highest BCUT2D eigenvalue weighted by molar-refractivity contribution is 6.34. The Bertz CT molecular complexity index is 563. The summed E-state index contributed by atoms with van der Waals surface area (Å²) >= 11 is 12.2. The molecular formula is C15H20Cl2N4. The van der Waals surface area contributed by atoms with Crippen molar-refractivity contribution >= 4 is 23.2 Å². The van der Waals surface area contributed by atoms with Crippen molar-refractivity contribution in [1.29, 1.82) is 0 Å². The topological polar surface area (TPSA) is 42.7 Å². The predicted molar refractivity (Wildman–Crippen MR) is 86.9 cm³/mol. The van der Waals surface area contributed by atoms with Crippen LogP contribution in [-0.4, -0.2) is 21.3 Å². The molecule has 1 unspecified atom stereocenters. The quantitative estimate of drug-likeness (QED) is 0.839. The van der Waals surface area contributed by atoms with Crippen LogP contribution in [0.5, 0.6) is 0 Å². The van der Waals surface area contributed by atoms with Crippen LogP contribution in [0.4, 0.5) is 0 Å². The van der Waals surface area contributed by atoms with Crippen molar-refractivity contribution in [3.8, 4) is 0 Å². The molecule has 1 atom stereocenters. The van der Waals surface area contributed by atoms with Crippen LogP contribution in [0.3, 0.4) is 0 Å². The van der Waals surface area contributed by atoms with Crippen LogP contribution >= 0.6 is 23.2 Å². The van der Waals surface area contributed by atoms with Crippen molar-refractivity contribution < 1.29 is 0 Å². The lowest BCUT2D eigenvalue weighted by Gasteiger charge is -2.19. The van der Waals surface area contributed by atoms with Crippen LogP contribution in [-0.2, 0) is 13.0 Å². The molecule has 2 rings (SSSR count). The van der Waals surface area contributed by atoms with Gasteiger partial charge in [0.25, 0.3) is 0 Å². The summed E-state index contributed by atoms with van der Waals surface area (Å²) in [5, 5.41) is 9.03. The molecule has 0 saturated heterocycles. The van der Waals surface area contributed by atoms with Crippen molar-refractivity contribution in [2.45, 2.75) is 39.3 Å². The Kier molecular flexibility index (Phi) is 6.03. The maximum absolute atomic E-state index is 6.11. The average molecular weight is 327 g/mol. The molecule has 1 aromatic heterocycles. The zero-order chi connectivity index (χ0) is 15.2. The third kappa shape index (κ3) is 4.43. The van der Waals surface area contributed by atoms with E-state index in [4.69, 9.17) is 23.2 Å². The Hall–Kier alpha value is -1.10. The standard InChI is InChI=1S/C15H20Cl2N4/c1-3-5-21-15(19-10-20-21)9-14(18-4-2)11-6-12(16)8-13(17)7-11/h6-8,10,14,18H,3-5,9H2,1-2H3. The Morgan fingerprint density at radius 2 is 1.90 bits per heavy atom. The summed E-state index contributed by atoms with van der Waals surface area (Å²) in [6.45, 7) is 5.95. The van der Waals surface area contributed by atoms with Gasteiger partial charge in [0.1, 0.15) is 12.2 Å². The SMILES string of the molecule is CCCn1ncnc1CC(NCC)c1cc(Cl)cc(Cl)c1. The Morgan fingerprint density at radius 3 is 2.52 bits per heavy atom. The number of aromatic nitrogens is 3. The number of hydrogen-bond acceptors (Lipinski definition) is 3. The van der Waals surface area contributed by atoms with E-state index >= 15 is 0 Å². The van der Waals surface area contributed by atoms with Crippen molar-refractivity contribution in [1.82, 2.24) is 20.1 Å². The molecule has 6 heteroatoms. The highest BCUT2D eigenvalue weighted by Crippen LogP contribution is 2.25. The van der Waals surface area contributed by atoms with E-state index in [-0.39, 0.29) is 6.04 Å². The minimum atomic E-state index is 0.117. The molecule has 1 aromatic carbocycles. The predicted octanol–water partition coefficient (Wildman–Crippen LogP) is 3.89. The van der Waals surface area contributed by atoms with E-state index in [2.05, 4.69) is 29.2 Å². The van der Waals surface area contributed by atoms with Gasteiger partial charge in [-0.2, -0.15) is 5.10 Å². The summed E-state index contributed by atoms with van der Waals surface area (Å²) in [6, 6.07) is 5.75. The van der Waals surface area contributed by atoms with Crippen molar-refractivity contribution in [2.24, 2.45) is 0 Å². The Balaban J connectivity index is 2.24. The molecule has 4 nitrogen and oxygen atoms in total. The van der Waals surface area contributed by atoms with Gasteiger partial charge in [-0.3, -0.25) is 4.68 Å². The van der Waals surface area contributed by atoms with Gasteiger partial charge in [-0.25, -0.2) is 4.98 Å². The van der Waals surface area contributed by atoms with E-state index in [0.29, 0.717) is 10.0 Å². The molecule has 0 radical (unpaired) electrons. The van der Waals surface area contributed by atoms with E-state index in [1.54, 1.807) is 12.4 Å². The lowest BCUT2D eigenvalue weighted by molar-refractivity contribution is 0.499. The van der Waals surface area contributed by atoms with Crippen molar-refractivity contribution in [3.05, 3.63) is 46.0 Å². The van der Waals surface area contributed by atoms with Gasteiger partial charge in [0, 0.05) is 29.1 Å². The van der Waals surface area contributed by atoms with Crippen LogP contribution in [0.1, 0.15) is 37.7 Å². The second-order valence-corrected chi connectivity index (χ2v) is 5.79. The fourth-order valence-electron chi connectivity index (χ4n) is 2.36. The van der Waals surface area contributed by atoms with Gasteiger partial charge < -0.3 is 5.32 Å². The zero-order valence-corrected chi connectivity index (χ0v) is 13.8. The van der Waals surface area contributed by atoms with Crippen LogP contribution in [0.15, 0.2) is 24.5 Å². The van der Waals surface area contributed by atoms with Crippen LogP contribution < -0.4 is 5.32 Å². The summed E-state index contributed by atoms with van der Waals surface area (Å²) < 4.78 is 1.95. The largest absolute Gasteiger partial charge is 0.310 e. The normalized spacial score (nSPS) is 12.6. The lowest BCUT2D eigenvalue weighted by atomic mass is 10.0. The molecular weight excluding hydrogens is 307 g/mol. The van der Waals surface area contributed by atoms with E-state index < -0.39 is 0 Å². The van der Waals surface area contributed by atoms with Gasteiger partial charge in [0.2, 0.25) is 0 Å². The summed E-state index contributed by atoms with van der Waals surface area (Å²) in [5.41, 5.74) is 1.07. The smallest absolute Gasteiger partial charge is 0.138 e. The number of nitrogens with one attached hydrogen (secondary N) is 1. The number of nitrogens with zero attached hydrogens (tertiary/aromatic N) is 3. The van der Waals surface area contributed by atoms with Gasteiger partial charge >= 0.3 is 0 Å². The Labute approximate surface area is 135 Å². The first-order valence-corrected chi connectivity index (χ1v) is 7.95. The Morgan fingerprint density at radius 1 is 1.19 bits per heavy atom. The summed E-state index contributed by atoms with van der Waals surface area (Å²) in [7, 11) is 0. The molecule has 1 heterocycles. The maximum Gasteiger partial charge on any atom is 0.138 e. The zero-order valence-electron chi connectivity index (χ0n) is 12.3. The molecule has 0 spiro atoms. The molecule has 0 aliphatic rings. The van der Waals surface area contributed by atoms with Gasteiger partial charge in [-0.15, -0.1) is 0 Å². The number of benzene rings is 1. The third-order valence-corrected chi connectivity index (χ3v) is 3.69. The van der Waals surface area contributed by atoms with Crippen LogP contribution in [0.25, 0.3) is 0 Å². The minimum Gasteiger partial charge on any atom is -0.310 e. The van der Waals surface area contributed by atoms with Gasteiger partial charge in [-0.05, 0) is 36.7 Å². The maximum atomic E-state index is 6.11. The van der Waals surface area contributed by atoms with Gasteiger partial charge in [0.05, 0.1) is 0 Å². The summed E-state index contributed by atoms with van der Waals surface area (Å²) in [5.74, 6) is 0.971. The highest BCUT2D eigenvalue weighted by Gasteiger charge is 2.16. The number of aryl methyl sites for hydroxylation is 1. The molecule has 0 aliphatic carbocycles. The molecule has 114 valence electrons. The van der Waals surface area contributed by atoms with Crippen LogP contribution in [0, 0.1) is 0 Å². The number of rotatable bonds is 7. The number of hydrogen-bond donors (Lipinski definition) is 1. The fourth-order valence-corrected chi connectivity index (χ4v) is 2.90. The molecule has 21 heavy (non-hydrogen) atoms. The first-order valence-electron chi connectivity index (χ1n) is 7.20. The van der Waals surface area contributed by atoms with E-state index in [1.807, 2.05) is 16.8 Å². The molecule has 0 amide bonds. The van der Waals surface area contributed by atoms with Crippen molar-refractivity contribution in [2.75, 3.05) is 6.54 Å². The highest BCUT2D eigenvalue weighted by atomic mass is 35.5. The van der Waals surface area contributed by atoms with Crippen LogP contribution in [0.2, 0.25) is 10.0 Å². The average Bonchev–Trinajstić information content (AvgIpc) is 2.85. The molecule has 1 N–H and O–H groups in total. The fraction of sp³-hybridized carbons (Fsp3) is 0.467. The minimum absolute atomic E-state index is 0.117. The second-order valence-electron chi connectivity index (χ2n) is 4.92. The van der Waals surface area contributed by atoms with E-state index in [9.17, 15) is 0 Å². The number of halogens is 2. The molecule has 2 aromatic rings. The van der Waals surface area contributed by atoms with Crippen molar-refractivity contribution in [3.63, 3.8) is 0 Å². The first-order chi connectivity index (χ1) is 10.1. The lowest BCUT2D eigenvalue weighted by Crippen LogP contribution is -2.24. The molecule has 0 saturated carbocycles. The third-order valence-electron chi connectivity index (χ3n) is 3.26. The van der Waals surface area contributed by atoms with E-state index in [1.165, 1.54) is 0 Å². The summed E-state index contributed by atoms with van der Waals surface area (Å²) in [6.07, 6.45) is 3.40. The second kappa shape index (κ2) is 7.78. The molecule has 0 aliphatic heterocycles. The van der Waals surface area contributed by atoms with E-state index in [0.717, 1.165) is 37.3 Å². The first kappa shape index (κ1) is 16.3. The summed E-state index contributed by atoms with van der Waals surface area (Å²) in [4.78, 5) is 4.37. The monoisotopic (exact) mass is 326 g/mol. The van der Waals surface area contributed by atoms with Gasteiger partial charge in [0.15, 0.2) is 0 Å².